The second-order valence-corrected chi connectivity index (χ2v) is 10.1. The van der Waals surface area contributed by atoms with Crippen LogP contribution >= 0.6 is 11.8 Å². The van der Waals surface area contributed by atoms with Crippen molar-refractivity contribution in [1.82, 2.24) is 20.1 Å². The number of aromatic nitrogens is 3. The van der Waals surface area contributed by atoms with Crippen molar-refractivity contribution in [1.29, 1.82) is 0 Å². The zero-order chi connectivity index (χ0) is 22.6. The summed E-state index contributed by atoms with van der Waals surface area (Å²) in [5.74, 6) is 2.08. The van der Waals surface area contributed by atoms with Gasteiger partial charge in [0.1, 0.15) is 0 Å². The highest BCUT2D eigenvalue weighted by atomic mass is 32.2. The van der Waals surface area contributed by atoms with E-state index in [-0.39, 0.29) is 11.9 Å². The molecule has 1 N–H and O–H groups in total. The van der Waals surface area contributed by atoms with Crippen molar-refractivity contribution in [3.63, 3.8) is 0 Å². The molecule has 2 aliphatic rings. The minimum absolute atomic E-state index is 0.00333. The van der Waals surface area contributed by atoms with Gasteiger partial charge in [0.2, 0.25) is 11.9 Å². The average Bonchev–Trinajstić information content (AvgIpc) is 3.61. The van der Waals surface area contributed by atoms with E-state index in [0.29, 0.717) is 11.8 Å². The van der Waals surface area contributed by atoms with E-state index in [2.05, 4.69) is 56.2 Å². The van der Waals surface area contributed by atoms with Gasteiger partial charge < -0.3 is 10.2 Å². The number of piperidine rings is 1. The smallest absolute Gasteiger partial charge is 0.231 e. The molecule has 1 saturated carbocycles. The second kappa shape index (κ2) is 10.00. The number of nitrogens with zero attached hydrogens (tertiary/aromatic N) is 4. The molecule has 0 bridgehead atoms. The van der Waals surface area contributed by atoms with Crippen molar-refractivity contribution < 1.29 is 4.79 Å². The van der Waals surface area contributed by atoms with Crippen LogP contribution in [0.25, 0.3) is 0 Å². The summed E-state index contributed by atoms with van der Waals surface area (Å²) in [6, 6.07) is 20.5. The van der Waals surface area contributed by atoms with Crippen molar-refractivity contribution in [2.45, 2.75) is 49.8 Å². The molecule has 0 unspecified atom stereocenters. The molecule has 1 aromatic heterocycles. The minimum atomic E-state index is -0.173. The number of hydrogen-bond donors (Lipinski definition) is 1. The first-order valence-corrected chi connectivity index (χ1v) is 12.9. The van der Waals surface area contributed by atoms with Gasteiger partial charge in [-0.3, -0.25) is 9.36 Å². The summed E-state index contributed by atoms with van der Waals surface area (Å²) in [5, 5.41) is 13.1. The Morgan fingerprint density at radius 3 is 2.15 bits per heavy atom. The molecule has 5 rings (SSSR count). The third-order valence-electron chi connectivity index (χ3n) is 6.53. The molecule has 2 fully saturated rings. The van der Waals surface area contributed by atoms with E-state index < -0.39 is 0 Å². The lowest BCUT2D eigenvalue weighted by Crippen LogP contribution is -2.34. The molecule has 33 heavy (non-hydrogen) atoms. The Labute approximate surface area is 199 Å². The normalized spacial score (nSPS) is 16.8. The molecule has 2 aromatic carbocycles. The molecule has 1 aliphatic heterocycles. The van der Waals surface area contributed by atoms with Crippen LogP contribution in [0.5, 0.6) is 0 Å². The number of benzene rings is 2. The lowest BCUT2D eigenvalue weighted by atomic mass is 9.99. The molecule has 6 nitrogen and oxygen atoms in total. The highest BCUT2D eigenvalue weighted by molar-refractivity contribution is 7.99. The van der Waals surface area contributed by atoms with Crippen LogP contribution < -0.4 is 10.2 Å². The Kier molecular flexibility index (Phi) is 6.67. The SMILES string of the molecule is CC1CCN(c2nnc(SCC(=O)NC(c3ccccc3)c3ccccc3)n2C2CC2)CC1. The maximum Gasteiger partial charge on any atom is 0.231 e. The van der Waals surface area contributed by atoms with E-state index in [0.717, 1.165) is 41.2 Å². The molecule has 1 saturated heterocycles. The van der Waals surface area contributed by atoms with Crippen LogP contribution in [-0.2, 0) is 4.79 Å². The number of carbonyl (C=O) groups excluding carboxylic acids is 1. The van der Waals surface area contributed by atoms with Gasteiger partial charge in [0.15, 0.2) is 5.16 Å². The van der Waals surface area contributed by atoms with Gasteiger partial charge in [-0.2, -0.15) is 0 Å². The first-order chi connectivity index (χ1) is 16.2. The average molecular weight is 462 g/mol. The fourth-order valence-electron chi connectivity index (χ4n) is 4.43. The lowest BCUT2D eigenvalue weighted by molar-refractivity contribution is -0.119. The number of nitrogens with one attached hydrogen (secondary N) is 1. The summed E-state index contributed by atoms with van der Waals surface area (Å²) in [6.07, 6.45) is 4.73. The van der Waals surface area contributed by atoms with Gasteiger partial charge in [0.25, 0.3) is 0 Å². The van der Waals surface area contributed by atoms with Crippen LogP contribution in [0.4, 0.5) is 5.95 Å². The van der Waals surface area contributed by atoms with Crippen molar-refractivity contribution in [2.24, 2.45) is 5.92 Å². The maximum atomic E-state index is 13.0. The summed E-state index contributed by atoms with van der Waals surface area (Å²) in [4.78, 5) is 15.4. The van der Waals surface area contributed by atoms with E-state index in [1.165, 1.54) is 37.4 Å². The predicted octanol–water partition coefficient (Wildman–Crippen LogP) is 4.85. The first-order valence-electron chi connectivity index (χ1n) is 11.9. The molecule has 0 spiro atoms. The largest absolute Gasteiger partial charge is 0.344 e. The van der Waals surface area contributed by atoms with E-state index in [1.54, 1.807) is 0 Å². The zero-order valence-corrected chi connectivity index (χ0v) is 19.9. The quantitative estimate of drug-likeness (QED) is 0.486. The van der Waals surface area contributed by atoms with Crippen LogP contribution in [0, 0.1) is 5.92 Å². The van der Waals surface area contributed by atoms with E-state index >= 15 is 0 Å². The first kappa shape index (κ1) is 22.0. The second-order valence-electron chi connectivity index (χ2n) is 9.16. The topological polar surface area (TPSA) is 63.1 Å². The Hall–Kier alpha value is -2.80. The van der Waals surface area contributed by atoms with Crippen molar-refractivity contribution in [2.75, 3.05) is 23.7 Å². The minimum Gasteiger partial charge on any atom is -0.344 e. The zero-order valence-electron chi connectivity index (χ0n) is 19.1. The van der Waals surface area contributed by atoms with Crippen LogP contribution in [0.3, 0.4) is 0 Å². The lowest BCUT2D eigenvalue weighted by Gasteiger charge is -2.31. The molecule has 2 heterocycles. The highest BCUT2D eigenvalue weighted by Gasteiger charge is 2.32. The monoisotopic (exact) mass is 461 g/mol. The van der Waals surface area contributed by atoms with E-state index in [9.17, 15) is 4.79 Å². The van der Waals surface area contributed by atoms with Crippen LogP contribution in [0.1, 0.15) is 55.8 Å². The van der Waals surface area contributed by atoms with Gasteiger partial charge in [-0.05, 0) is 42.7 Å². The molecular weight excluding hydrogens is 430 g/mol. The predicted molar refractivity (Wildman–Crippen MR) is 132 cm³/mol. The summed E-state index contributed by atoms with van der Waals surface area (Å²) in [7, 11) is 0. The van der Waals surface area contributed by atoms with Crippen LogP contribution in [0.2, 0.25) is 0 Å². The molecule has 3 aromatic rings. The van der Waals surface area contributed by atoms with Gasteiger partial charge in [0.05, 0.1) is 11.8 Å². The van der Waals surface area contributed by atoms with Gasteiger partial charge in [-0.25, -0.2) is 0 Å². The fraction of sp³-hybridized carbons (Fsp3) is 0.423. The molecule has 0 atom stereocenters. The maximum absolute atomic E-state index is 13.0. The van der Waals surface area contributed by atoms with Crippen molar-refractivity contribution >= 4 is 23.6 Å². The fourth-order valence-corrected chi connectivity index (χ4v) is 5.24. The van der Waals surface area contributed by atoms with E-state index in [1.807, 2.05) is 36.4 Å². The molecule has 0 radical (unpaired) electrons. The molecule has 7 heteroatoms. The number of carbonyl (C=O) groups is 1. The summed E-state index contributed by atoms with van der Waals surface area (Å²) in [6.45, 7) is 4.39. The number of rotatable bonds is 8. The standard InChI is InChI=1S/C26H31N5OS/c1-19-14-16-30(17-15-19)25-28-29-26(31(25)22-12-13-22)33-18-23(32)27-24(20-8-4-2-5-9-20)21-10-6-3-7-11-21/h2-11,19,22,24H,12-18H2,1H3,(H,27,32). The molecular formula is C26H31N5OS. The Morgan fingerprint density at radius 2 is 1.58 bits per heavy atom. The summed E-state index contributed by atoms with van der Waals surface area (Å²) in [5.41, 5.74) is 2.15. The van der Waals surface area contributed by atoms with Crippen LogP contribution in [-0.4, -0.2) is 39.5 Å². The molecule has 1 amide bonds. The van der Waals surface area contributed by atoms with Crippen molar-refractivity contribution in [3.8, 4) is 0 Å². The van der Waals surface area contributed by atoms with Gasteiger partial charge in [-0.15, -0.1) is 10.2 Å². The highest BCUT2D eigenvalue weighted by Crippen LogP contribution is 2.41. The van der Waals surface area contributed by atoms with Crippen molar-refractivity contribution in [3.05, 3.63) is 71.8 Å². The van der Waals surface area contributed by atoms with Gasteiger partial charge >= 0.3 is 0 Å². The summed E-state index contributed by atoms with van der Waals surface area (Å²) >= 11 is 1.49. The number of amides is 1. The van der Waals surface area contributed by atoms with Crippen LogP contribution in [0.15, 0.2) is 65.8 Å². The molecule has 1 aliphatic carbocycles. The third-order valence-corrected chi connectivity index (χ3v) is 7.47. The number of thioether (sulfide) groups is 1. The van der Waals surface area contributed by atoms with Gasteiger partial charge in [-0.1, -0.05) is 79.3 Å². The Morgan fingerprint density at radius 1 is 0.970 bits per heavy atom. The number of hydrogen-bond acceptors (Lipinski definition) is 5. The third kappa shape index (κ3) is 5.24. The van der Waals surface area contributed by atoms with Gasteiger partial charge in [0, 0.05) is 19.1 Å². The van der Waals surface area contributed by atoms with E-state index in [4.69, 9.17) is 0 Å². The Bertz CT molecular complexity index is 1020. The molecule has 172 valence electrons. The number of anilines is 1. The Balaban J connectivity index is 1.28. The summed E-state index contributed by atoms with van der Waals surface area (Å²) < 4.78 is 2.28.